The van der Waals surface area contributed by atoms with Crippen LogP contribution in [0.2, 0.25) is 0 Å². The zero-order chi connectivity index (χ0) is 92.2. The van der Waals surface area contributed by atoms with Gasteiger partial charge in [-0.2, -0.15) is 0 Å². The minimum Gasteiger partial charge on any atom is -0.103 e. The summed E-state index contributed by atoms with van der Waals surface area (Å²) in [4.78, 5) is 0. The Balaban J connectivity index is 0.000000135. The topological polar surface area (TPSA) is 0 Å². The lowest BCUT2D eigenvalue weighted by atomic mass is 9.68. The van der Waals surface area contributed by atoms with Crippen LogP contribution in [0.25, 0.3) is 0 Å². The number of benzene rings is 6. The Morgan fingerprint density at radius 2 is 0.402 bits per heavy atom. The maximum atomic E-state index is 3.97. The molecule has 0 aliphatic heterocycles. The first kappa shape index (κ1) is 104. The molecule has 0 atom stereocenters. The molecule has 0 aromatic heterocycles. The van der Waals surface area contributed by atoms with Gasteiger partial charge in [0.05, 0.1) is 0 Å². The zero-order valence-electron chi connectivity index (χ0n) is 86.9. The van der Waals surface area contributed by atoms with Crippen LogP contribution < -0.4 is 0 Å². The molecular weight excluding hydrogens is 1590 g/mol. The van der Waals surface area contributed by atoms with Crippen molar-refractivity contribution in [1.29, 1.82) is 0 Å². The van der Waals surface area contributed by atoms with Crippen molar-refractivity contribution in [3.63, 3.8) is 0 Å². The highest BCUT2D eigenvalue weighted by molar-refractivity contribution is 5.30. The molecule has 0 N–H and O–H groups in total. The van der Waals surface area contributed by atoms with E-state index in [1.807, 2.05) is 0 Å². The van der Waals surface area contributed by atoms with E-state index < -0.39 is 0 Å². The van der Waals surface area contributed by atoms with Gasteiger partial charge < -0.3 is 0 Å². The lowest BCUT2D eigenvalue weighted by Crippen LogP contribution is -2.25. The molecule has 0 radical (unpaired) electrons. The van der Waals surface area contributed by atoms with Gasteiger partial charge in [-0.1, -0.05) is 308 Å². The smallest absolute Gasteiger partial charge is 0.0162 e. The fraction of sp³-hybridized carbons (Fsp3) is 0.682. The van der Waals surface area contributed by atoms with Gasteiger partial charge in [0.1, 0.15) is 0 Å². The Morgan fingerprint density at radius 1 is 0.205 bits per heavy atom. The van der Waals surface area contributed by atoms with E-state index >= 15 is 0 Å². The Morgan fingerprint density at radius 3 is 0.598 bits per heavy atom. The standard InChI is InChI=1S/C23H36.C23H34.C22H34.C22H32.C21H32.C21H30/c2*1-3-4-5-19-8-12-21(13-9-19)23-16-14-22(15-17-23)20-10-6-18(2)7-11-20;2*1-3-4-18-7-11-20(12-8-18)22-15-13-21(14-16-22)19-9-5-17(2)6-10-19;2*1-3-17-6-10-19(11-7-17)21-14-12-20(13-15-21)18-8-4-16(2)5-9-18/h6-7,10-11,19,21-23H,3-5,8-9,12-17H2,1-2H3;3,6-7,10-11,19,21-23H,1,4-5,8-9,12-17H2,2H3;5-6,9-10,18,20-22H,3-4,7-8,11-16H2,1-2H3;3,5-6,9-10,18,20-22H,1,4,7-8,11-16H2,2H3;4-5,8-9,17,19-21H,3,6-7,10-15H2,1-2H3;3-5,8-9,17,19-21H,1,6-7,10-15H2,2H3. The summed E-state index contributed by atoms with van der Waals surface area (Å²) < 4.78 is 0. The van der Waals surface area contributed by atoms with Crippen molar-refractivity contribution >= 4 is 0 Å². The van der Waals surface area contributed by atoms with Crippen LogP contribution in [0.1, 0.15) is 489 Å². The summed E-state index contributed by atoms with van der Waals surface area (Å²) >= 11 is 0. The fourth-order valence-electron chi connectivity index (χ4n) is 29.7. The largest absolute Gasteiger partial charge is 0.103 e. The van der Waals surface area contributed by atoms with Gasteiger partial charge >= 0.3 is 0 Å². The molecule has 0 saturated heterocycles. The van der Waals surface area contributed by atoms with Gasteiger partial charge in [-0.3, -0.25) is 0 Å². The highest BCUT2D eigenvalue weighted by atomic mass is 14.4. The van der Waals surface area contributed by atoms with Crippen molar-refractivity contribution < 1.29 is 0 Å². The molecule has 6 aromatic carbocycles. The highest BCUT2D eigenvalue weighted by Crippen LogP contribution is 2.52. The summed E-state index contributed by atoms with van der Waals surface area (Å²) in [5, 5.41) is 0. The number of allylic oxidation sites excluding steroid dienone is 3. The average Bonchev–Trinajstić information content (AvgIpc) is 0.852. The molecule has 18 rings (SSSR count). The molecule has 726 valence electrons. The van der Waals surface area contributed by atoms with Crippen molar-refractivity contribution in [2.45, 2.75) is 464 Å². The van der Waals surface area contributed by atoms with Crippen molar-refractivity contribution in [2.75, 3.05) is 0 Å². The molecule has 0 spiro atoms. The van der Waals surface area contributed by atoms with E-state index in [4.69, 9.17) is 0 Å². The summed E-state index contributed by atoms with van der Waals surface area (Å²) in [6, 6.07) is 55.8. The lowest BCUT2D eigenvalue weighted by molar-refractivity contribution is 0.156. The second-order valence-corrected chi connectivity index (χ2v) is 47.7. The van der Waals surface area contributed by atoms with Crippen LogP contribution >= 0.6 is 0 Å². The van der Waals surface area contributed by atoms with Gasteiger partial charge in [-0.05, 0) is 493 Å². The molecule has 0 heterocycles. The molecule has 12 saturated carbocycles. The first-order valence-corrected chi connectivity index (χ1v) is 57.8. The lowest BCUT2D eigenvalue weighted by Gasteiger charge is -2.38. The molecular formula is C132H198. The van der Waals surface area contributed by atoms with E-state index in [9.17, 15) is 0 Å². The van der Waals surface area contributed by atoms with Crippen molar-refractivity contribution in [3.05, 3.63) is 250 Å². The molecule has 12 aliphatic rings. The Kier molecular flexibility index (Phi) is 44.0. The van der Waals surface area contributed by atoms with E-state index in [-0.39, 0.29) is 0 Å². The summed E-state index contributed by atoms with van der Waals surface area (Å²) in [5.74, 6) is 23.4. The van der Waals surface area contributed by atoms with Gasteiger partial charge in [0.25, 0.3) is 0 Å². The number of hydrogen-bond donors (Lipinski definition) is 0. The molecule has 6 aromatic rings. The third kappa shape index (κ3) is 32.9. The molecule has 0 unspecified atom stereocenters. The number of hydrogen-bond acceptors (Lipinski definition) is 0. The van der Waals surface area contributed by atoms with E-state index in [0.29, 0.717) is 0 Å². The zero-order valence-corrected chi connectivity index (χ0v) is 86.9. The van der Waals surface area contributed by atoms with E-state index in [1.54, 1.807) is 33.4 Å². The van der Waals surface area contributed by atoms with Gasteiger partial charge in [-0.15, -0.1) is 19.7 Å². The van der Waals surface area contributed by atoms with Gasteiger partial charge in [0.15, 0.2) is 0 Å². The van der Waals surface area contributed by atoms with E-state index in [2.05, 4.69) is 246 Å². The number of unbranched alkanes of at least 4 members (excludes halogenated alkanes) is 1. The molecule has 0 amide bonds. The van der Waals surface area contributed by atoms with Crippen LogP contribution in [-0.2, 0) is 0 Å². The van der Waals surface area contributed by atoms with Crippen LogP contribution in [0.5, 0.6) is 0 Å². The first-order valence-electron chi connectivity index (χ1n) is 57.8. The fourth-order valence-corrected chi connectivity index (χ4v) is 29.7. The predicted octanol–water partition coefficient (Wildman–Crippen LogP) is 40.6. The maximum Gasteiger partial charge on any atom is -0.0162 e. The molecule has 12 fully saturated rings. The minimum absolute atomic E-state index is 0.810. The number of rotatable bonds is 24. The van der Waals surface area contributed by atoms with Crippen molar-refractivity contribution in [2.24, 2.45) is 107 Å². The van der Waals surface area contributed by atoms with Gasteiger partial charge in [-0.25, -0.2) is 0 Å². The second kappa shape index (κ2) is 56.0. The summed E-state index contributed by atoms with van der Waals surface area (Å²) in [7, 11) is 0. The summed E-state index contributed by atoms with van der Waals surface area (Å²) in [5.41, 5.74) is 17.8. The number of aryl methyl sites for hydroxylation is 6. The van der Waals surface area contributed by atoms with Crippen LogP contribution in [0, 0.1) is 148 Å². The quantitative estimate of drug-likeness (QED) is 0.0530. The minimum atomic E-state index is 0.810. The van der Waals surface area contributed by atoms with Crippen LogP contribution in [0.15, 0.2) is 184 Å². The average molecular weight is 1790 g/mol. The highest BCUT2D eigenvalue weighted by Gasteiger charge is 2.38. The molecule has 12 aliphatic carbocycles. The normalized spacial score (nSPS) is 32.7. The van der Waals surface area contributed by atoms with Crippen LogP contribution in [-0.4, -0.2) is 0 Å². The molecule has 132 heavy (non-hydrogen) atoms. The van der Waals surface area contributed by atoms with Crippen LogP contribution in [0.3, 0.4) is 0 Å². The molecule has 0 heteroatoms. The third-order valence-electron chi connectivity index (χ3n) is 39.0. The summed E-state index contributed by atoms with van der Waals surface area (Å²) in [6.07, 6.45) is 89.6. The predicted molar refractivity (Wildman–Crippen MR) is 577 cm³/mol. The Bertz CT molecular complexity index is 4030. The summed E-state index contributed by atoms with van der Waals surface area (Å²) in [6.45, 7) is 31.9. The first-order chi connectivity index (χ1) is 64.6. The molecule has 0 nitrogen and oxygen atoms in total. The van der Waals surface area contributed by atoms with Crippen molar-refractivity contribution in [3.8, 4) is 0 Å². The van der Waals surface area contributed by atoms with E-state index in [1.165, 1.54) is 399 Å². The monoisotopic (exact) mass is 1780 g/mol. The maximum absolute atomic E-state index is 3.97. The Labute approximate surface area is 815 Å². The van der Waals surface area contributed by atoms with E-state index in [0.717, 1.165) is 142 Å². The van der Waals surface area contributed by atoms with Gasteiger partial charge in [0, 0.05) is 0 Å². The van der Waals surface area contributed by atoms with Crippen LogP contribution in [0.4, 0.5) is 0 Å². The third-order valence-corrected chi connectivity index (χ3v) is 39.0. The second-order valence-electron chi connectivity index (χ2n) is 47.7. The van der Waals surface area contributed by atoms with Crippen molar-refractivity contribution in [1.82, 2.24) is 0 Å². The van der Waals surface area contributed by atoms with Gasteiger partial charge in [0.2, 0.25) is 0 Å². The Hall–Kier alpha value is -5.46. The SMILES string of the molecule is C=CC1CCC(C2CCC(c3ccc(C)cc3)CC2)CC1.C=CCC1CCC(C2CCC(c3ccc(C)cc3)CC2)CC1.C=CCCC1CCC(C2CCC(c3ccc(C)cc3)CC2)CC1.CCC1CCC(C2CCC(c3ccc(C)cc3)CC2)CC1.CCCC1CCC(C2CCC(c3ccc(C)cc3)CC2)CC1.CCCCC1CCC(C2CCC(c3ccc(C)cc3)CC2)CC1. The molecule has 0 bridgehead atoms.